The largest absolute Gasteiger partial charge is 0.467 e. The number of methoxy groups -OCH3 is 1. The average Bonchev–Trinajstić information content (AvgIpc) is 2.53. The number of carbonyl (C=O) groups excluding carboxylic acids is 1. The van der Waals surface area contributed by atoms with Gasteiger partial charge in [-0.25, -0.2) is 4.79 Å². The molecule has 1 aromatic heterocycles. The molecule has 0 amide bonds. The van der Waals surface area contributed by atoms with Gasteiger partial charge in [-0.2, -0.15) is 0 Å². The third-order valence-electron chi connectivity index (χ3n) is 3.26. The molecule has 0 aliphatic heterocycles. The van der Waals surface area contributed by atoms with Gasteiger partial charge in [0, 0.05) is 12.7 Å². The van der Waals surface area contributed by atoms with Crippen LogP contribution in [0, 0.1) is 0 Å². The fraction of sp³-hybridized carbons (Fsp3) is 0.250. The van der Waals surface area contributed by atoms with Crippen LogP contribution in [0.4, 0.5) is 0 Å². The number of ether oxygens (including phenoxy) is 1. The van der Waals surface area contributed by atoms with E-state index in [1.807, 2.05) is 48.5 Å². The molecule has 0 aliphatic carbocycles. The Morgan fingerprint density at radius 1 is 1.20 bits per heavy atom. The van der Waals surface area contributed by atoms with E-state index in [1.165, 1.54) is 7.11 Å². The Balaban J connectivity index is 2.22. The summed E-state index contributed by atoms with van der Waals surface area (Å²) in [4.78, 5) is 16.4. The molecular weight excluding hydrogens is 252 g/mol. The second-order valence-corrected chi connectivity index (χ2v) is 4.67. The van der Waals surface area contributed by atoms with Gasteiger partial charge < -0.3 is 4.74 Å². The molecule has 0 unspecified atom stereocenters. The van der Waals surface area contributed by atoms with Crippen LogP contribution in [0.25, 0.3) is 0 Å². The summed E-state index contributed by atoms with van der Waals surface area (Å²) in [7, 11) is 1.38. The number of hydrogen-bond acceptors (Lipinski definition) is 4. The van der Waals surface area contributed by atoms with Gasteiger partial charge in [-0.3, -0.25) is 10.3 Å². The van der Waals surface area contributed by atoms with E-state index in [4.69, 9.17) is 4.74 Å². The van der Waals surface area contributed by atoms with Gasteiger partial charge >= 0.3 is 5.97 Å². The van der Waals surface area contributed by atoms with Crippen LogP contribution in [0.1, 0.15) is 18.2 Å². The van der Waals surface area contributed by atoms with Gasteiger partial charge in [-0.1, -0.05) is 36.4 Å². The summed E-state index contributed by atoms with van der Waals surface area (Å²) in [5.41, 5.74) is 0.771. The van der Waals surface area contributed by atoms with Crippen molar-refractivity contribution in [2.24, 2.45) is 0 Å². The minimum absolute atomic E-state index is 0.355. The van der Waals surface area contributed by atoms with Gasteiger partial charge in [-0.05, 0) is 24.6 Å². The van der Waals surface area contributed by atoms with E-state index in [2.05, 4.69) is 10.3 Å². The highest BCUT2D eigenvalue weighted by molar-refractivity contribution is 5.81. The molecule has 4 nitrogen and oxygen atoms in total. The van der Waals surface area contributed by atoms with Gasteiger partial charge in [0.05, 0.1) is 12.8 Å². The van der Waals surface area contributed by atoms with Crippen LogP contribution >= 0.6 is 0 Å². The lowest BCUT2D eigenvalue weighted by molar-refractivity contribution is -0.148. The fourth-order valence-corrected chi connectivity index (χ4v) is 2.00. The highest BCUT2D eigenvalue weighted by Crippen LogP contribution is 2.20. The molecule has 104 valence electrons. The van der Waals surface area contributed by atoms with Crippen molar-refractivity contribution in [3.63, 3.8) is 0 Å². The molecule has 2 aromatic rings. The Labute approximate surface area is 118 Å². The van der Waals surface area contributed by atoms with E-state index >= 15 is 0 Å². The lowest BCUT2D eigenvalue weighted by Gasteiger charge is -2.27. The topological polar surface area (TPSA) is 51.2 Å². The summed E-state index contributed by atoms with van der Waals surface area (Å²) in [6.45, 7) is 2.34. The van der Waals surface area contributed by atoms with Crippen LogP contribution in [-0.2, 0) is 21.6 Å². The molecule has 0 aliphatic rings. The number of pyridine rings is 1. The van der Waals surface area contributed by atoms with Gasteiger partial charge in [0.25, 0.3) is 0 Å². The summed E-state index contributed by atoms with van der Waals surface area (Å²) in [5.74, 6) is -0.355. The molecule has 4 heteroatoms. The second kappa shape index (κ2) is 6.30. The predicted octanol–water partition coefficient (Wildman–Crippen LogP) is 2.26. The summed E-state index contributed by atoms with van der Waals surface area (Å²) in [6.07, 6.45) is 1.67. The maximum atomic E-state index is 12.1. The summed E-state index contributed by atoms with van der Waals surface area (Å²) < 4.78 is 4.92. The van der Waals surface area contributed by atoms with Crippen molar-refractivity contribution in [2.75, 3.05) is 7.11 Å². The molecule has 1 aromatic carbocycles. The Hall–Kier alpha value is -2.20. The Morgan fingerprint density at radius 2 is 1.90 bits per heavy atom. The zero-order chi connectivity index (χ0) is 14.4. The molecule has 0 radical (unpaired) electrons. The van der Waals surface area contributed by atoms with E-state index in [1.54, 1.807) is 13.1 Å². The lowest BCUT2D eigenvalue weighted by Crippen LogP contribution is -2.47. The van der Waals surface area contributed by atoms with Crippen molar-refractivity contribution < 1.29 is 9.53 Å². The molecule has 1 atom stereocenters. The quantitative estimate of drug-likeness (QED) is 0.847. The maximum Gasteiger partial charge on any atom is 0.332 e. The van der Waals surface area contributed by atoms with Crippen molar-refractivity contribution in [2.45, 2.75) is 19.0 Å². The SMILES string of the molecule is COC(=O)[C@@](C)(NCc1ccccc1)c1ccccn1. The number of carbonyl (C=O) groups is 1. The molecule has 0 saturated carbocycles. The van der Waals surface area contributed by atoms with E-state index < -0.39 is 5.54 Å². The fourth-order valence-electron chi connectivity index (χ4n) is 2.00. The van der Waals surface area contributed by atoms with Gasteiger partial charge in [0.2, 0.25) is 0 Å². The molecule has 0 bridgehead atoms. The first-order chi connectivity index (χ1) is 9.66. The standard InChI is InChI=1S/C16H18N2O2/c1-16(15(19)20-2,14-10-6-7-11-17-14)18-12-13-8-4-3-5-9-13/h3-11,18H,12H2,1-2H3/t16-/m0/s1. The van der Waals surface area contributed by atoms with Gasteiger partial charge in [-0.15, -0.1) is 0 Å². The van der Waals surface area contributed by atoms with E-state index in [-0.39, 0.29) is 5.97 Å². The molecule has 0 spiro atoms. The minimum Gasteiger partial charge on any atom is -0.467 e. The third-order valence-corrected chi connectivity index (χ3v) is 3.26. The van der Waals surface area contributed by atoms with Crippen LogP contribution < -0.4 is 5.32 Å². The second-order valence-electron chi connectivity index (χ2n) is 4.67. The zero-order valence-corrected chi connectivity index (χ0v) is 11.7. The molecular formula is C16H18N2O2. The van der Waals surface area contributed by atoms with E-state index in [0.29, 0.717) is 12.2 Å². The molecule has 0 fully saturated rings. The highest BCUT2D eigenvalue weighted by Gasteiger charge is 2.37. The monoisotopic (exact) mass is 270 g/mol. The number of rotatable bonds is 5. The first-order valence-electron chi connectivity index (χ1n) is 6.45. The number of esters is 1. The highest BCUT2D eigenvalue weighted by atomic mass is 16.5. The van der Waals surface area contributed by atoms with Crippen molar-refractivity contribution >= 4 is 5.97 Å². The molecule has 1 N–H and O–H groups in total. The number of benzene rings is 1. The number of nitrogens with one attached hydrogen (secondary N) is 1. The first-order valence-corrected chi connectivity index (χ1v) is 6.45. The Bertz CT molecular complexity index is 557. The maximum absolute atomic E-state index is 12.1. The third kappa shape index (κ3) is 3.03. The Kier molecular flexibility index (Phi) is 4.48. The van der Waals surface area contributed by atoms with Crippen molar-refractivity contribution in [1.82, 2.24) is 10.3 Å². The van der Waals surface area contributed by atoms with Crippen molar-refractivity contribution in [3.05, 3.63) is 66.0 Å². The molecule has 0 saturated heterocycles. The molecule has 1 heterocycles. The number of hydrogen-bond donors (Lipinski definition) is 1. The average molecular weight is 270 g/mol. The Morgan fingerprint density at radius 3 is 2.50 bits per heavy atom. The summed E-state index contributed by atoms with van der Waals surface area (Å²) >= 11 is 0. The van der Waals surface area contributed by atoms with Crippen LogP contribution in [0.2, 0.25) is 0 Å². The van der Waals surface area contributed by atoms with E-state index in [0.717, 1.165) is 5.56 Å². The normalized spacial score (nSPS) is 13.5. The first kappa shape index (κ1) is 14.2. The van der Waals surface area contributed by atoms with Gasteiger partial charge in [0.1, 0.15) is 0 Å². The minimum atomic E-state index is -0.966. The molecule has 2 rings (SSSR count). The number of nitrogens with zero attached hydrogens (tertiary/aromatic N) is 1. The predicted molar refractivity (Wildman–Crippen MR) is 76.9 cm³/mol. The van der Waals surface area contributed by atoms with Crippen LogP contribution in [-0.4, -0.2) is 18.1 Å². The van der Waals surface area contributed by atoms with Crippen LogP contribution in [0.3, 0.4) is 0 Å². The lowest BCUT2D eigenvalue weighted by atomic mass is 9.96. The smallest absolute Gasteiger partial charge is 0.332 e. The number of aromatic nitrogens is 1. The van der Waals surface area contributed by atoms with Crippen molar-refractivity contribution in [3.8, 4) is 0 Å². The molecule has 20 heavy (non-hydrogen) atoms. The van der Waals surface area contributed by atoms with E-state index in [9.17, 15) is 4.79 Å². The van der Waals surface area contributed by atoms with Gasteiger partial charge in [0.15, 0.2) is 5.54 Å². The zero-order valence-electron chi connectivity index (χ0n) is 11.7. The van der Waals surface area contributed by atoms with Crippen molar-refractivity contribution in [1.29, 1.82) is 0 Å². The van der Waals surface area contributed by atoms with Crippen LogP contribution in [0.15, 0.2) is 54.7 Å². The van der Waals surface area contributed by atoms with Crippen LogP contribution in [0.5, 0.6) is 0 Å². The summed E-state index contributed by atoms with van der Waals surface area (Å²) in [6, 6.07) is 15.4. The summed E-state index contributed by atoms with van der Waals surface area (Å²) in [5, 5.41) is 3.24.